The van der Waals surface area contributed by atoms with E-state index < -0.39 is 0 Å². The largest absolute Gasteiger partial charge is 0.383 e. The van der Waals surface area contributed by atoms with Crippen LogP contribution in [-0.2, 0) is 4.74 Å². The number of likely N-dealkylation sites (N-methyl/N-ethyl adjacent to an activating group) is 1. The first-order valence-corrected chi connectivity index (χ1v) is 6.39. The number of hydrogen-bond donors (Lipinski definition) is 0. The Balaban J connectivity index is 2.31. The van der Waals surface area contributed by atoms with Crippen LogP contribution in [0, 0.1) is 0 Å². The Morgan fingerprint density at radius 1 is 1.38 bits per heavy atom. The fraction of sp³-hybridized carbons (Fsp3) is 1.00. The van der Waals surface area contributed by atoms with E-state index in [1.165, 1.54) is 25.9 Å². The Labute approximate surface area is 101 Å². The third kappa shape index (κ3) is 4.04. The third-order valence-corrected chi connectivity index (χ3v) is 3.73. The van der Waals surface area contributed by atoms with Crippen molar-refractivity contribution >= 4 is 0 Å². The highest BCUT2D eigenvalue weighted by molar-refractivity contribution is 4.81. The highest BCUT2D eigenvalue weighted by Gasteiger charge is 2.25. The molecule has 1 fully saturated rings. The Kier molecular flexibility index (Phi) is 5.22. The molecule has 1 saturated heterocycles. The first-order chi connectivity index (χ1) is 7.45. The van der Waals surface area contributed by atoms with E-state index in [9.17, 15) is 0 Å². The second-order valence-electron chi connectivity index (χ2n) is 5.88. The maximum atomic E-state index is 5.27. The highest BCUT2D eigenvalue weighted by Crippen LogP contribution is 2.18. The van der Waals surface area contributed by atoms with Gasteiger partial charge in [0, 0.05) is 31.8 Å². The van der Waals surface area contributed by atoms with Gasteiger partial charge in [0.15, 0.2) is 0 Å². The van der Waals surface area contributed by atoms with Crippen LogP contribution in [0.1, 0.15) is 33.6 Å². The molecule has 3 nitrogen and oxygen atoms in total. The molecule has 1 heterocycles. The van der Waals surface area contributed by atoms with Gasteiger partial charge >= 0.3 is 0 Å². The summed E-state index contributed by atoms with van der Waals surface area (Å²) < 4.78 is 5.27. The maximum Gasteiger partial charge on any atom is 0.0618 e. The zero-order valence-corrected chi connectivity index (χ0v) is 11.6. The van der Waals surface area contributed by atoms with Crippen molar-refractivity contribution in [2.45, 2.75) is 45.2 Å². The molecule has 1 atom stereocenters. The minimum atomic E-state index is 0.274. The van der Waals surface area contributed by atoms with Gasteiger partial charge in [-0.25, -0.2) is 0 Å². The van der Waals surface area contributed by atoms with Gasteiger partial charge in [0.05, 0.1) is 6.61 Å². The van der Waals surface area contributed by atoms with Crippen molar-refractivity contribution in [2.24, 2.45) is 0 Å². The van der Waals surface area contributed by atoms with Crippen molar-refractivity contribution in [3.63, 3.8) is 0 Å². The number of methoxy groups -OCH3 is 1. The zero-order chi connectivity index (χ0) is 12.2. The Morgan fingerprint density at radius 2 is 2.06 bits per heavy atom. The van der Waals surface area contributed by atoms with Crippen LogP contribution in [0.25, 0.3) is 0 Å². The monoisotopic (exact) mass is 228 g/mol. The smallest absolute Gasteiger partial charge is 0.0618 e. The van der Waals surface area contributed by atoms with E-state index in [-0.39, 0.29) is 5.54 Å². The highest BCUT2D eigenvalue weighted by atomic mass is 16.5. The lowest BCUT2D eigenvalue weighted by molar-refractivity contribution is 0.0957. The number of nitrogens with zero attached hydrogens (tertiary/aromatic N) is 2. The molecule has 1 aliphatic rings. The van der Waals surface area contributed by atoms with Gasteiger partial charge in [-0.15, -0.1) is 0 Å². The second kappa shape index (κ2) is 5.99. The Bertz CT molecular complexity index is 201. The molecular weight excluding hydrogens is 200 g/mol. The van der Waals surface area contributed by atoms with Gasteiger partial charge < -0.3 is 9.64 Å². The lowest BCUT2D eigenvalue weighted by Crippen LogP contribution is -2.44. The predicted octanol–water partition coefficient (Wildman–Crippen LogP) is 1.83. The summed E-state index contributed by atoms with van der Waals surface area (Å²) in [6, 6.07) is 0.651. The minimum absolute atomic E-state index is 0.274. The van der Waals surface area contributed by atoms with Crippen LogP contribution in [0.2, 0.25) is 0 Å². The maximum absolute atomic E-state index is 5.27. The topological polar surface area (TPSA) is 15.7 Å². The minimum Gasteiger partial charge on any atom is -0.383 e. The van der Waals surface area contributed by atoms with Crippen molar-refractivity contribution in [3.8, 4) is 0 Å². The zero-order valence-electron chi connectivity index (χ0n) is 11.6. The molecule has 0 N–H and O–H groups in total. The van der Waals surface area contributed by atoms with Gasteiger partial charge in [-0.2, -0.15) is 0 Å². The lowest BCUT2D eigenvalue weighted by Gasteiger charge is -2.34. The van der Waals surface area contributed by atoms with E-state index in [2.05, 4.69) is 37.6 Å². The molecule has 0 radical (unpaired) electrons. The predicted molar refractivity (Wildman–Crippen MR) is 68.9 cm³/mol. The van der Waals surface area contributed by atoms with E-state index in [0.29, 0.717) is 6.04 Å². The molecule has 0 amide bonds. The van der Waals surface area contributed by atoms with Crippen LogP contribution in [0.4, 0.5) is 0 Å². The van der Waals surface area contributed by atoms with Crippen LogP contribution >= 0.6 is 0 Å². The quantitative estimate of drug-likeness (QED) is 0.714. The molecular formula is C13H28N2O. The SMILES string of the molecule is COC[C@@H]1CCCN1CCN(C)C(C)(C)C. The summed E-state index contributed by atoms with van der Waals surface area (Å²) in [6.45, 7) is 11.2. The van der Waals surface area contributed by atoms with Gasteiger partial charge in [0.25, 0.3) is 0 Å². The number of ether oxygens (including phenoxy) is 1. The van der Waals surface area contributed by atoms with Gasteiger partial charge in [-0.1, -0.05) is 0 Å². The lowest BCUT2D eigenvalue weighted by atomic mass is 10.1. The molecule has 0 aliphatic carbocycles. The fourth-order valence-electron chi connectivity index (χ4n) is 2.18. The normalized spacial score (nSPS) is 23.2. The summed E-state index contributed by atoms with van der Waals surface area (Å²) in [7, 11) is 4.01. The van der Waals surface area contributed by atoms with Crippen molar-refractivity contribution in [3.05, 3.63) is 0 Å². The molecule has 0 aromatic heterocycles. The van der Waals surface area contributed by atoms with E-state index in [1.54, 1.807) is 7.11 Å². The molecule has 0 unspecified atom stereocenters. The molecule has 0 aromatic carbocycles. The summed E-state index contributed by atoms with van der Waals surface area (Å²) in [5.74, 6) is 0. The molecule has 3 heteroatoms. The van der Waals surface area contributed by atoms with E-state index >= 15 is 0 Å². The molecule has 0 spiro atoms. The standard InChI is InChI=1S/C13H28N2O/c1-13(2,3)14(4)9-10-15-8-6-7-12(15)11-16-5/h12H,6-11H2,1-5H3/t12-/m0/s1. The van der Waals surface area contributed by atoms with Crippen molar-refractivity contribution in [2.75, 3.05) is 40.4 Å². The molecule has 0 bridgehead atoms. The van der Waals surface area contributed by atoms with Crippen molar-refractivity contribution < 1.29 is 4.74 Å². The second-order valence-corrected chi connectivity index (χ2v) is 5.88. The van der Waals surface area contributed by atoms with E-state index in [1.807, 2.05) is 0 Å². The number of hydrogen-bond acceptors (Lipinski definition) is 3. The summed E-state index contributed by atoms with van der Waals surface area (Å²) in [4.78, 5) is 5.00. The third-order valence-electron chi connectivity index (χ3n) is 3.73. The van der Waals surface area contributed by atoms with Crippen molar-refractivity contribution in [1.82, 2.24) is 9.80 Å². The average Bonchev–Trinajstić information content (AvgIpc) is 2.61. The number of likely N-dealkylation sites (tertiary alicyclic amines) is 1. The molecule has 0 aromatic rings. The fourth-order valence-corrected chi connectivity index (χ4v) is 2.18. The van der Waals surface area contributed by atoms with E-state index in [4.69, 9.17) is 4.74 Å². The first kappa shape index (κ1) is 13.9. The van der Waals surface area contributed by atoms with Crippen LogP contribution in [0.15, 0.2) is 0 Å². The molecule has 0 saturated carbocycles. The molecule has 96 valence electrons. The number of rotatable bonds is 5. The first-order valence-electron chi connectivity index (χ1n) is 6.39. The van der Waals surface area contributed by atoms with Gasteiger partial charge in [0.2, 0.25) is 0 Å². The Morgan fingerprint density at radius 3 is 2.62 bits per heavy atom. The molecule has 16 heavy (non-hydrogen) atoms. The average molecular weight is 228 g/mol. The summed E-state index contributed by atoms with van der Waals surface area (Å²) in [6.07, 6.45) is 2.63. The summed E-state index contributed by atoms with van der Waals surface area (Å²) in [5, 5.41) is 0. The van der Waals surface area contributed by atoms with Gasteiger partial charge in [-0.05, 0) is 47.2 Å². The summed E-state index contributed by atoms with van der Waals surface area (Å²) in [5.41, 5.74) is 0.274. The van der Waals surface area contributed by atoms with Crippen LogP contribution in [-0.4, -0.2) is 61.8 Å². The van der Waals surface area contributed by atoms with Gasteiger partial charge in [-0.3, -0.25) is 4.90 Å². The van der Waals surface area contributed by atoms with Crippen molar-refractivity contribution in [1.29, 1.82) is 0 Å². The van der Waals surface area contributed by atoms with Gasteiger partial charge in [0.1, 0.15) is 0 Å². The molecule has 1 rings (SSSR count). The van der Waals surface area contributed by atoms with E-state index in [0.717, 1.165) is 13.2 Å². The van der Waals surface area contributed by atoms with Crippen LogP contribution in [0.5, 0.6) is 0 Å². The molecule has 1 aliphatic heterocycles. The summed E-state index contributed by atoms with van der Waals surface area (Å²) >= 11 is 0. The Hall–Kier alpha value is -0.120. The van der Waals surface area contributed by atoms with Crippen LogP contribution in [0.3, 0.4) is 0 Å². The van der Waals surface area contributed by atoms with Crippen LogP contribution < -0.4 is 0 Å².